The SMILES string of the molecule is O=C(O)C1=Cc2cccc(OC(F)(F)F)c2OC1. The molecule has 0 aromatic heterocycles. The number of rotatable bonds is 2. The molecule has 0 spiro atoms. The molecule has 0 radical (unpaired) electrons. The van der Waals surface area contributed by atoms with Gasteiger partial charge in [0.05, 0.1) is 5.57 Å². The van der Waals surface area contributed by atoms with Gasteiger partial charge in [-0.05, 0) is 12.1 Å². The smallest absolute Gasteiger partial charge is 0.484 e. The standard InChI is InChI=1S/C11H7F3O4/c12-11(13,14)18-8-3-1-2-6-4-7(10(15)16)5-17-9(6)8/h1-4H,5H2,(H,15,16). The quantitative estimate of drug-likeness (QED) is 0.887. The number of fused-ring (bicyclic) bond motifs is 1. The predicted molar refractivity (Wildman–Crippen MR) is 54.2 cm³/mol. The third kappa shape index (κ3) is 2.55. The van der Waals surface area contributed by atoms with E-state index in [2.05, 4.69) is 4.74 Å². The van der Waals surface area contributed by atoms with Crippen molar-refractivity contribution in [3.05, 3.63) is 29.3 Å². The molecular formula is C11H7F3O4. The van der Waals surface area contributed by atoms with Gasteiger partial charge in [-0.15, -0.1) is 13.2 Å². The van der Waals surface area contributed by atoms with Crippen LogP contribution in [-0.4, -0.2) is 24.0 Å². The number of carboxylic acid groups (broad SMARTS) is 1. The first-order chi connectivity index (χ1) is 8.37. The zero-order valence-electron chi connectivity index (χ0n) is 8.82. The molecule has 0 bridgehead atoms. The second-order valence-corrected chi connectivity index (χ2v) is 3.49. The highest BCUT2D eigenvalue weighted by Gasteiger charge is 2.33. The highest BCUT2D eigenvalue weighted by Crippen LogP contribution is 2.38. The summed E-state index contributed by atoms with van der Waals surface area (Å²) < 4.78 is 45.2. The number of hydrogen-bond acceptors (Lipinski definition) is 3. The molecule has 4 nitrogen and oxygen atoms in total. The molecule has 0 saturated carbocycles. The fourth-order valence-electron chi connectivity index (χ4n) is 1.51. The molecule has 1 aromatic carbocycles. The maximum atomic E-state index is 12.1. The topological polar surface area (TPSA) is 55.8 Å². The van der Waals surface area contributed by atoms with E-state index in [1.54, 1.807) is 0 Å². The number of carboxylic acids is 1. The first-order valence-corrected chi connectivity index (χ1v) is 4.82. The molecule has 96 valence electrons. The van der Waals surface area contributed by atoms with Crippen molar-refractivity contribution in [3.8, 4) is 11.5 Å². The minimum Gasteiger partial charge on any atom is -0.484 e. The molecule has 0 atom stereocenters. The molecule has 1 aromatic rings. The van der Waals surface area contributed by atoms with E-state index in [9.17, 15) is 18.0 Å². The van der Waals surface area contributed by atoms with Gasteiger partial charge in [-0.3, -0.25) is 0 Å². The second kappa shape index (κ2) is 4.25. The number of carbonyl (C=O) groups is 1. The number of aliphatic carboxylic acids is 1. The van der Waals surface area contributed by atoms with Gasteiger partial charge in [0.25, 0.3) is 0 Å². The molecule has 18 heavy (non-hydrogen) atoms. The lowest BCUT2D eigenvalue weighted by Crippen LogP contribution is -2.20. The van der Waals surface area contributed by atoms with Crippen molar-refractivity contribution in [3.63, 3.8) is 0 Å². The molecule has 1 aliphatic heterocycles. The van der Waals surface area contributed by atoms with Gasteiger partial charge in [-0.1, -0.05) is 12.1 Å². The van der Waals surface area contributed by atoms with Crippen LogP contribution in [0.3, 0.4) is 0 Å². The molecule has 0 saturated heterocycles. The lowest BCUT2D eigenvalue weighted by molar-refractivity contribution is -0.275. The van der Waals surface area contributed by atoms with E-state index in [1.165, 1.54) is 18.2 Å². The van der Waals surface area contributed by atoms with Crippen LogP contribution in [0.25, 0.3) is 6.08 Å². The third-order valence-electron chi connectivity index (χ3n) is 2.21. The summed E-state index contributed by atoms with van der Waals surface area (Å²) in [7, 11) is 0. The van der Waals surface area contributed by atoms with Gasteiger partial charge >= 0.3 is 12.3 Å². The summed E-state index contributed by atoms with van der Waals surface area (Å²) in [5, 5.41) is 8.76. The summed E-state index contributed by atoms with van der Waals surface area (Å²) >= 11 is 0. The minimum atomic E-state index is -4.82. The van der Waals surface area contributed by atoms with E-state index in [0.29, 0.717) is 0 Å². The van der Waals surface area contributed by atoms with Crippen molar-refractivity contribution in [2.45, 2.75) is 6.36 Å². The highest BCUT2D eigenvalue weighted by molar-refractivity contribution is 5.94. The first-order valence-electron chi connectivity index (χ1n) is 4.82. The van der Waals surface area contributed by atoms with E-state index in [1.807, 2.05) is 0 Å². The van der Waals surface area contributed by atoms with Crippen LogP contribution in [0.5, 0.6) is 11.5 Å². The maximum absolute atomic E-state index is 12.1. The van der Waals surface area contributed by atoms with Crippen LogP contribution in [0.4, 0.5) is 13.2 Å². The molecule has 0 unspecified atom stereocenters. The van der Waals surface area contributed by atoms with Gasteiger partial charge in [0.15, 0.2) is 11.5 Å². The fraction of sp³-hybridized carbons (Fsp3) is 0.182. The van der Waals surface area contributed by atoms with Gasteiger partial charge in [0.2, 0.25) is 0 Å². The second-order valence-electron chi connectivity index (χ2n) is 3.49. The largest absolute Gasteiger partial charge is 0.573 e. The lowest BCUT2D eigenvalue weighted by Gasteiger charge is -2.19. The van der Waals surface area contributed by atoms with Crippen LogP contribution in [0.2, 0.25) is 0 Å². The summed E-state index contributed by atoms with van der Waals surface area (Å²) in [5.74, 6) is -1.77. The van der Waals surface area contributed by atoms with Crippen LogP contribution in [0.1, 0.15) is 5.56 Å². The van der Waals surface area contributed by atoms with Gasteiger partial charge < -0.3 is 14.6 Å². The molecule has 2 rings (SSSR count). The zero-order valence-corrected chi connectivity index (χ0v) is 8.82. The van der Waals surface area contributed by atoms with Crippen molar-refractivity contribution < 1.29 is 32.5 Å². The number of benzene rings is 1. The van der Waals surface area contributed by atoms with Gasteiger partial charge in [-0.2, -0.15) is 0 Å². The Morgan fingerprint density at radius 1 is 1.39 bits per heavy atom. The Bertz CT molecular complexity index is 520. The Morgan fingerprint density at radius 2 is 2.11 bits per heavy atom. The van der Waals surface area contributed by atoms with Crippen molar-refractivity contribution in [1.82, 2.24) is 0 Å². The van der Waals surface area contributed by atoms with Crippen LogP contribution >= 0.6 is 0 Å². The molecular weight excluding hydrogens is 253 g/mol. The number of halogens is 3. The van der Waals surface area contributed by atoms with E-state index >= 15 is 0 Å². The minimum absolute atomic E-state index is 0.0355. The molecule has 0 amide bonds. The summed E-state index contributed by atoms with van der Waals surface area (Å²) in [6.45, 7) is -0.305. The van der Waals surface area contributed by atoms with Gasteiger partial charge in [0.1, 0.15) is 6.61 Å². The van der Waals surface area contributed by atoms with E-state index < -0.39 is 18.1 Å². The normalized spacial score (nSPS) is 14.3. The Labute approximate surface area is 99.2 Å². The van der Waals surface area contributed by atoms with Crippen molar-refractivity contribution >= 4 is 12.0 Å². The van der Waals surface area contributed by atoms with E-state index in [-0.39, 0.29) is 23.5 Å². The summed E-state index contributed by atoms with van der Waals surface area (Å²) in [6.07, 6.45) is -3.57. The number of para-hydroxylation sites is 1. The molecule has 1 heterocycles. The van der Waals surface area contributed by atoms with E-state index in [0.717, 1.165) is 6.07 Å². The number of alkyl halides is 3. The predicted octanol–water partition coefficient (Wildman–Crippen LogP) is 2.45. The van der Waals surface area contributed by atoms with Crippen molar-refractivity contribution in [1.29, 1.82) is 0 Å². The third-order valence-corrected chi connectivity index (χ3v) is 2.21. The Hall–Kier alpha value is -2.18. The van der Waals surface area contributed by atoms with Gasteiger partial charge in [0, 0.05) is 5.56 Å². The maximum Gasteiger partial charge on any atom is 0.573 e. The Morgan fingerprint density at radius 3 is 2.72 bits per heavy atom. The molecule has 1 N–H and O–H groups in total. The molecule has 0 fully saturated rings. The fourth-order valence-corrected chi connectivity index (χ4v) is 1.51. The molecule has 7 heteroatoms. The first kappa shape index (κ1) is 12.3. The van der Waals surface area contributed by atoms with Crippen LogP contribution in [-0.2, 0) is 4.79 Å². The Balaban J connectivity index is 2.39. The summed E-state index contributed by atoms with van der Waals surface area (Å²) in [6, 6.07) is 3.87. The monoisotopic (exact) mass is 260 g/mol. The van der Waals surface area contributed by atoms with Crippen molar-refractivity contribution in [2.24, 2.45) is 0 Å². The Kier molecular flexibility index (Phi) is 2.90. The zero-order chi connectivity index (χ0) is 13.3. The highest BCUT2D eigenvalue weighted by atomic mass is 19.4. The number of hydrogen-bond donors (Lipinski definition) is 1. The lowest BCUT2D eigenvalue weighted by atomic mass is 10.1. The van der Waals surface area contributed by atoms with Crippen LogP contribution in [0, 0.1) is 0 Å². The average Bonchev–Trinajstić information content (AvgIpc) is 2.26. The molecule has 0 aliphatic carbocycles. The van der Waals surface area contributed by atoms with E-state index in [4.69, 9.17) is 9.84 Å². The summed E-state index contributed by atoms with van der Waals surface area (Å²) in [4.78, 5) is 10.7. The van der Waals surface area contributed by atoms with Crippen molar-refractivity contribution in [2.75, 3.05) is 6.61 Å². The average molecular weight is 260 g/mol. The van der Waals surface area contributed by atoms with Crippen LogP contribution in [0.15, 0.2) is 23.8 Å². The molecule has 1 aliphatic rings. The summed E-state index contributed by atoms with van der Waals surface area (Å²) in [5.41, 5.74) is 0.201. The number of ether oxygens (including phenoxy) is 2. The van der Waals surface area contributed by atoms with Gasteiger partial charge in [-0.25, -0.2) is 4.79 Å². The van der Waals surface area contributed by atoms with Crippen LogP contribution < -0.4 is 9.47 Å².